The van der Waals surface area contributed by atoms with Crippen molar-refractivity contribution in [2.24, 2.45) is 0 Å². The van der Waals surface area contributed by atoms with Gasteiger partial charge in [0.05, 0.1) is 33.7 Å². The first-order valence-corrected chi connectivity index (χ1v) is 9.05. The fourth-order valence-corrected chi connectivity index (χ4v) is 3.46. The zero-order chi connectivity index (χ0) is 21.1. The van der Waals surface area contributed by atoms with Crippen molar-refractivity contribution in [1.29, 1.82) is 5.26 Å². The SMILES string of the molecule is C[C@](O)(C[S@@](=O)c1ccc(F)cc1)C(=O)Nc1ccc(C#N)c(C(F)(F)F)c1. The fraction of sp³-hybridized carbons (Fsp3) is 0.222. The summed E-state index contributed by atoms with van der Waals surface area (Å²) in [5, 5.41) is 21.2. The Morgan fingerprint density at radius 1 is 1.21 bits per heavy atom. The van der Waals surface area contributed by atoms with Crippen molar-refractivity contribution in [3.05, 3.63) is 59.4 Å². The minimum atomic E-state index is -4.81. The number of carbonyl (C=O) groups is 1. The van der Waals surface area contributed by atoms with Crippen LogP contribution in [-0.2, 0) is 21.8 Å². The summed E-state index contributed by atoms with van der Waals surface area (Å²) in [6, 6.07) is 8.56. The molecule has 1 amide bonds. The maximum Gasteiger partial charge on any atom is 0.417 e. The quantitative estimate of drug-likeness (QED) is 0.736. The van der Waals surface area contributed by atoms with E-state index in [0.29, 0.717) is 6.07 Å². The van der Waals surface area contributed by atoms with Gasteiger partial charge in [0, 0.05) is 10.6 Å². The molecule has 2 aromatic rings. The van der Waals surface area contributed by atoms with Crippen LogP contribution in [0.3, 0.4) is 0 Å². The Hall–Kier alpha value is -2.77. The zero-order valence-electron chi connectivity index (χ0n) is 14.4. The highest BCUT2D eigenvalue weighted by Crippen LogP contribution is 2.33. The Kier molecular flexibility index (Phi) is 6.21. The molecular formula is C18H14F4N2O3S. The number of rotatable bonds is 5. The van der Waals surface area contributed by atoms with Crippen LogP contribution in [0.15, 0.2) is 47.4 Å². The van der Waals surface area contributed by atoms with Crippen molar-refractivity contribution in [2.45, 2.75) is 23.6 Å². The van der Waals surface area contributed by atoms with Crippen LogP contribution in [0.1, 0.15) is 18.1 Å². The average molecular weight is 414 g/mol. The Labute approximate surface area is 160 Å². The predicted molar refractivity (Wildman–Crippen MR) is 93.1 cm³/mol. The number of halogens is 4. The maximum atomic E-state index is 13.0. The van der Waals surface area contributed by atoms with E-state index >= 15 is 0 Å². The minimum Gasteiger partial charge on any atom is -0.379 e. The molecule has 2 rings (SSSR count). The number of nitrogens with one attached hydrogen (secondary N) is 1. The predicted octanol–water partition coefficient (Wildman–Crippen LogP) is 3.21. The lowest BCUT2D eigenvalue weighted by Crippen LogP contribution is -2.44. The van der Waals surface area contributed by atoms with E-state index in [1.807, 2.05) is 0 Å². The van der Waals surface area contributed by atoms with E-state index < -0.39 is 51.2 Å². The largest absolute Gasteiger partial charge is 0.417 e. The van der Waals surface area contributed by atoms with Gasteiger partial charge in [0.2, 0.25) is 0 Å². The van der Waals surface area contributed by atoms with E-state index in [4.69, 9.17) is 5.26 Å². The molecule has 0 unspecified atom stereocenters. The van der Waals surface area contributed by atoms with Gasteiger partial charge in [0.1, 0.15) is 5.82 Å². The maximum absolute atomic E-state index is 13.0. The summed E-state index contributed by atoms with van der Waals surface area (Å²) in [5.74, 6) is -2.19. The van der Waals surface area contributed by atoms with Gasteiger partial charge < -0.3 is 10.4 Å². The van der Waals surface area contributed by atoms with Crippen molar-refractivity contribution < 1.29 is 31.7 Å². The zero-order valence-corrected chi connectivity index (χ0v) is 15.2. The number of anilines is 1. The second-order valence-corrected chi connectivity index (χ2v) is 7.49. The van der Waals surface area contributed by atoms with Crippen molar-refractivity contribution in [2.75, 3.05) is 11.1 Å². The number of carbonyl (C=O) groups excluding carboxylic acids is 1. The van der Waals surface area contributed by atoms with Crippen LogP contribution < -0.4 is 5.32 Å². The van der Waals surface area contributed by atoms with Gasteiger partial charge in [-0.3, -0.25) is 9.00 Å². The topological polar surface area (TPSA) is 90.2 Å². The summed E-state index contributed by atoms with van der Waals surface area (Å²) in [6.45, 7) is 1.05. The molecule has 0 heterocycles. The molecule has 5 nitrogen and oxygen atoms in total. The molecule has 2 aromatic carbocycles. The lowest BCUT2D eigenvalue weighted by atomic mass is 10.1. The number of hydrogen-bond acceptors (Lipinski definition) is 4. The highest BCUT2D eigenvalue weighted by Gasteiger charge is 2.36. The molecule has 0 saturated heterocycles. The molecule has 0 saturated carbocycles. The smallest absolute Gasteiger partial charge is 0.379 e. The number of hydrogen-bond donors (Lipinski definition) is 2. The fourth-order valence-electron chi connectivity index (χ4n) is 2.21. The van der Waals surface area contributed by atoms with E-state index in [1.54, 1.807) is 0 Å². The molecular weight excluding hydrogens is 400 g/mol. The van der Waals surface area contributed by atoms with E-state index in [0.717, 1.165) is 31.2 Å². The first-order valence-electron chi connectivity index (χ1n) is 7.73. The molecule has 10 heteroatoms. The highest BCUT2D eigenvalue weighted by molar-refractivity contribution is 7.85. The molecule has 148 valence electrons. The minimum absolute atomic E-state index is 0.173. The number of nitriles is 1. The summed E-state index contributed by atoms with van der Waals surface area (Å²) in [5.41, 5.74) is -4.33. The van der Waals surface area contributed by atoms with Crippen molar-refractivity contribution in [1.82, 2.24) is 0 Å². The average Bonchev–Trinajstić information content (AvgIpc) is 2.61. The first-order chi connectivity index (χ1) is 12.9. The Morgan fingerprint density at radius 2 is 1.82 bits per heavy atom. The third-order valence-electron chi connectivity index (χ3n) is 3.68. The Bertz CT molecular complexity index is 951. The molecule has 0 aliphatic heterocycles. The van der Waals surface area contributed by atoms with Crippen LogP contribution in [0.5, 0.6) is 0 Å². The van der Waals surface area contributed by atoms with Gasteiger partial charge in [-0.05, 0) is 49.4 Å². The van der Waals surface area contributed by atoms with Crippen LogP contribution in [-0.4, -0.2) is 26.6 Å². The molecule has 0 bridgehead atoms. The lowest BCUT2D eigenvalue weighted by molar-refractivity contribution is -0.137. The lowest BCUT2D eigenvalue weighted by Gasteiger charge is -2.22. The summed E-state index contributed by atoms with van der Waals surface area (Å²) in [7, 11) is -1.86. The molecule has 0 spiro atoms. The van der Waals surface area contributed by atoms with E-state index in [2.05, 4.69) is 5.32 Å². The van der Waals surface area contributed by atoms with E-state index in [-0.39, 0.29) is 10.6 Å². The molecule has 0 aliphatic carbocycles. The van der Waals surface area contributed by atoms with Gasteiger partial charge in [0.15, 0.2) is 5.60 Å². The second-order valence-electron chi connectivity index (χ2n) is 6.04. The van der Waals surface area contributed by atoms with Crippen molar-refractivity contribution in [3.63, 3.8) is 0 Å². The van der Waals surface area contributed by atoms with E-state index in [1.165, 1.54) is 18.2 Å². The molecule has 0 aliphatic rings. The number of alkyl halides is 3. The number of aliphatic hydroxyl groups is 1. The molecule has 0 aromatic heterocycles. The number of benzene rings is 2. The summed E-state index contributed by atoms with van der Waals surface area (Å²) in [6.07, 6.45) is -4.81. The molecule has 2 N–H and O–H groups in total. The van der Waals surface area contributed by atoms with Gasteiger partial charge in [-0.1, -0.05) is 0 Å². The summed E-state index contributed by atoms with van der Waals surface area (Å²) in [4.78, 5) is 12.4. The molecule has 0 fully saturated rings. The molecule has 0 radical (unpaired) electrons. The summed E-state index contributed by atoms with van der Waals surface area (Å²) >= 11 is 0. The second kappa shape index (κ2) is 8.08. The highest BCUT2D eigenvalue weighted by atomic mass is 32.2. The third kappa shape index (κ3) is 5.15. The van der Waals surface area contributed by atoms with Crippen LogP contribution in [0, 0.1) is 17.1 Å². The molecule has 28 heavy (non-hydrogen) atoms. The van der Waals surface area contributed by atoms with Gasteiger partial charge in [-0.2, -0.15) is 18.4 Å². The number of amides is 1. The van der Waals surface area contributed by atoms with Crippen LogP contribution >= 0.6 is 0 Å². The Balaban J connectivity index is 2.18. The summed E-state index contributed by atoms with van der Waals surface area (Å²) < 4.78 is 64.2. The normalized spacial score (nSPS) is 14.6. The first kappa shape index (κ1) is 21.5. The third-order valence-corrected chi connectivity index (χ3v) is 5.30. The Morgan fingerprint density at radius 3 is 2.36 bits per heavy atom. The monoisotopic (exact) mass is 414 g/mol. The van der Waals surface area contributed by atoms with Crippen LogP contribution in [0.4, 0.5) is 23.2 Å². The van der Waals surface area contributed by atoms with Gasteiger partial charge >= 0.3 is 6.18 Å². The van der Waals surface area contributed by atoms with Crippen molar-refractivity contribution in [3.8, 4) is 6.07 Å². The van der Waals surface area contributed by atoms with Crippen LogP contribution in [0.2, 0.25) is 0 Å². The van der Waals surface area contributed by atoms with Gasteiger partial charge in [-0.15, -0.1) is 0 Å². The van der Waals surface area contributed by atoms with Crippen molar-refractivity contribution >= 4 is 22.4 Å². The molecule has 2 atom stereocenters. The standard InChI is InChI=1S/C18H14F4N2O3S/c1-17(26,10-28(27)14-6-3-12(19)4-7-14)16(25)24-13-5-2-11(9-23)15(8-13)18(20,21)22/h2-8,26H,10H2,1H3,(H,24,25)/t17-,28+/m0/s1. The van der Waals surface area contributed by atoms with Gasteiger partial charge in [0.25, 0.3) is 5.91 Å². The van der Waals surface area contributed by atoms with Gasteiger partial charge in [-0.25, -0.2) is 4.39 Å². The number of nitrogens with zero attached hydrogens (tertiary/aromatic N) is 1. The van der Waals surface area contributed by atoms with E-state index in [9.17, 15) is 31.7 Å². The van der Waals surface area contributed by atoms with Crippen LogP contribution in [0.25, 0.3) is 0 Å².